The molecule has 0 aromatic heterocycles. The molecular weight excluding hydrogens is 447 g/mol. The summed E-state index contributed by atoms with van der Waals surface area (Å²) in [5.74, 6) is 0. The largest absolute Gasteiger partial charge is 2.00 e. The van der Waals surface area contributed by atoms with Crippen molar-refractivity contribution in [2.75, 3.05) is 20.6 Å². The average Bonchev–Trinajstić information content (AvgIpc) is 3.07. The summed E-state index contributed by atoms with van der Waals surface area (Å²) in [7, 11) is 4.22. The molecule has 30 heavy (non-hydrogen) atoms. The monoisotopic (exact) mass is 478 g/mol. The van der Waals surface area contributed by atoms with Gasteiger partial charge in [0.05, 0.1) is 0 Å². The van der Waals surface area contributed by atoms with E-state index in [-0.39, 0.29) is 46.5 Å². The molecule has 1 aliphatic rings. The summed E-state index contributed by atoms with van der Waals surface area (Å²) in [6.07, 6.45) is 7.91. The second-order valence-corrected chi connectivity index (χ2v) is 7.54. The second-order valence-electron chi connectivity index (χ2n) is 7.54. The van der Waals surface area contributed by atoms with Crippen molar-refractivity contribution in [3.8, 4) is 0 Å². The van der Waals surface area contributed by atoms with Crippen molar-refractivity contribution >= 4 is 11.3 Å². The first kappa shape index (κ1) is 31.0. The third-order valence-electron chi connectivity index (χ3n) is 4.74. The zero-order chi connectivity index (χ0) is 20.0. The van der Waals surface area contributed by atoms with Crippen LogP contribution in [0.5, 0.6) is 0 Å². The van der Waals surface area contributed by atoms with Gasteiger partial charge in [-0.1, -0.05) is 59.5 Å². The molecular formula is C25H32Cl2N2Ti-2. The Balaban J connectivity index is 0. The maximum atomic E-state index is 7.54. The molecule has 0 aliphatic heterocycles. The molecule has 5 heteroatoms. The Hall–Kier alpha value is -1.16. The summed E-state index contributed by atoms with van der Waals surface area (Å²) in [6.45, 7) is 9.13. The second kappa shape index (κ2) is 14.8. The van der Waals surface area contributed by atoms with Crippen LogP contribution in [0.25, 0.3) is 11.3 Å². The van der Waals surface area contributed by atoms with E-state index in [1.54, 1.807) is 0 Å². The van der Waals surface area contributed by atoms with Crippen molar-refractivity contribution in [2.45, 2.75) is 34.1 Å². The van der Waals surface area contributed by atoms with Crippen LogP contribution in [-0.4, -0.2) is 25.5 Å². The number of nitrogens with one attached hydrogen (secondary N) is 1. The minimum atomic E-state index is 0. The molecule has 2 aromatic rings. The van der Waals surface area contributed by atoms with Crippen molar-refractivity contribution in [3.63, 3.8) is 0 Å². The van der Waals surface area contributed by atoms with Gasteiger partial charge in [0.25, 0.3) is 0 Å². The molecule has 0 saturated heterocycles. The predicted octanol–water partition coefficient (Wildman–Crippen LogP) is 0.835. The molecule has 2 aromatic carbocycles. The van der Waals surface area contributed by atoms with E-state index in [0.29, 0.717) is 5.69 Å². The number of benzene rings is 2. The molecule has 0 unspecified atom stereocenters. The number of rotatable bonds is 4. The van der Waals surface area contributed by atoms with Gasteiger partial charge in [-0.05, 0) is 46.9 Å². The fourth-order valence-corrected chi connectivity index (χ4v) is 3.47. The Morgan fingerprint density at radius 2 is 1.57 bits per heavy atom. The number of halogens is 2. The van der Waals surface area contributed by atoms with Crippen LogP contribution in [0.2, 0.25) is 0 Å². The molecule has 2 nitrogen and oxygen atoms in total. The quantitative estimate of drug-likeness (QED) is 0.472. The van der Waals surface area contributed by atoms with E-state index < -0.39 is 0 Å². The van der Waals surface area contributed by atoms with E-state index in [1.807, 2.05) is 26.0 Å². The van der Waals surface area contributed by atoms with Crippen LogP contribution in [0.3, 0.4) is 0 Å². The van der Waals surface area contributed by atoms with E-state index >= 15 is 0 Å². The molecule has 0 atom stereocenters. The molecule has 0 heterocycles. The third-order valence-corrected chi connectivity index (χ3v) is 4.74. The van der Waals surface area contributed by atoms with Gasteiger partial charge in [-0.25, -0.2) is 0 Å². The van der Waals surface area contributed by atoms with Gasteiger partial charge in [-0.15, -0.1) is 23.4 Å². The number of likely N-dealkylation sites (N-methyl/N-ethyl adjacent to an activating group) is 1. The van der Waals surface area contributed by atoms with E-state index in [0.717, 1.165) is 24.1 Å². The van der Waals surface area contributed by atoms with Gasteiger partial charge >= 0.3 is 21.7 Å². The fourth-order valence-electron chi connectivity index (χ4n) is 3.47. The molecule has 1 N–H and O–H groups in total. The van der Waals surface area contributed by atoms with E-state index in [4.69, 9.17) is 5.73 Å². The standard InChI is InChI=1S/C16H20N.C9H12N.2ClH.Ti/c1-4-14-7-5-6-8-16(14)15-10-9-13(11-15)12-17(2)3;1-6-4-7(2)9(10)8(3)5-6;;;/h4-9,11H,10,12H2,1-3H3;4-5,10H,1-3H3;2*1H;/q2*-1;;;+2/p-2. The fraction of sp³-hybridized carbons (Fsp3) is 0.320. The van der Waals surface area contributed by atoms with Crippen LogP contribution in [0, 0.1) is 27.2 Å². The smallest absolute Gasteiger partial charge is 1.00 e. The van der Waals surface area contributed by atoms with Crippen LogP contribution in [0.4, 0.5) is 5.69 Å². The number of allylic oxidation sites excluding steroid dienone is 2. The zero-order valence-corrected chi connectivity index (χ0v) is 21.9. The van der Waals surface area contributed by atoms with Crippen molar-refractivity contribution in [2.24, 2.45) is 0 Å². The van der Waals surface area contributed by atoms with Gasteiger partial charge < -0.3 is 35.4 Å². The zero-order valence-electron chi connectivity index (χ0n) is 18.8. The summed E-state index contributed by atoms with van der Waals surface area (Å²) in [5, 5.41) is 0. The Labute approximate surface area is 210 Å². The van der Waals surface area contributed by atoms with Crippen molar-refractivity contribution in [1.29, 1.82) is 0 Å². The molecule has 162 valence electrons. The van der Waals surface area contributed by atoms with Gasteiger partial charge in [0.1, 0.15) is 0 Å². The van der Waals surface area contributed by atoms with Crippen LogP contribution in [0.15, 0.2) is 54.1 Å². The molecule has 0 bridgehead atoms. The molecule has 0 saturated carbocycles. The van der Waals surface area contributed by atoms with Gasteiger partial charge in [0.2, 0.25) is 0 Å². The maximum absolute atomic E-state index is 7.54. The van der Waals surface area contributed by atoms with E-state index in [1.165, 1.54) is 27.8 Å². The summed E-state index contributed by atoms with van der Waals surface area (Å²) in [4.78, 5) is 2.21. The number of aryl methyl sites for hydroxylation is 3. The van der Waals surface area contributed by atoms with E-state index in [2.05, 4.69) is 75.7 Å². The maximum Gasteiger partial charge on any atom is 2.00 e. The molecule has 0 fully saturated rings. The van der Waals surface area contributed by atoms with Gasteiger partial charge in [0, 0.05) is 6.54 Å². The van der Waals surface area contributed by atoms with Crippen LogP contribution >= 0.6 is 0 Å². The topological polar surface area (TPSA) is 27.0 Å². The van der Waals surface area contributed by atoms with Crippen molar-refractivity contribution in [3.05, 3.63) is 94.1 Å². The Morgan fingerprint density at radius 3 is 2.10 bits per heavy atom. The van der Waals surface area contributed by atoms with Gasteiger partial charge in [0.15, 0.2) is 0 Å². The van der Waals surface area contributed by atoms with Crippen LogP contribution in [0.1, 0.15) is 41.2 Å². The van der Waals surface area contributed by atoms with E-state index in [9.17, 15) is 0 Å². The first-order valence-electron chi connectivity index (χ1n) is 9.54. The number of hydrogen-bond acceptors (Lipinski definition) is 1. The van der Waals surface area contributed by atoms with Gasteiger partial charge in [-0.2, -0.15) is 18.1 Å². The molecule has 1 aliphatic carbocycles. The number of hydrogen-bond donors (Lipinski definition) is 0. The minimum Gasteiger partial charge on any atom is -1.00 e. The summed E-state index contributed by atoms with van der Waals surface area (Å²) in [5.41, 5.74) is 17.2. The minimum absolute atomic E-state index is 0. The first-order valence-corrected chi connectivity index (χ1v) is 9.54. The average molecular weight is 479 g/mol. The number of nitrogens with zero attached hydrogens (tertiary/aromatic N) is 1. The Bertz CT molecular complexity index is 835. The first-order chi connectivity index (χ1) is 12.8. The Kier molecular flexibility index (Phi) is 15.3. The van der Waals surface area contributed by atoms with Crippen molar-refractivity contribution < 1.29 is 46.5 Å². The third kappa shape index (κ3) is 8.92. The normalized spacial score (nSPS) is 11.7. The van der Waals surface area contributed by atoms with Gasteiger partial charge in [-0.3, -0.25) is 0 Å². The van der Waals surface area contributed by atoms with Crippen LogP contribution in [-0.2, 0) is 21.7 Å². The summed E-state index contributed by atoms with van der Waals surface area (Å²) in [6, 6.07) is 12.7. The summed E-state index contributed by atoms with van der Waals surface area (Å²) >= 11 is 0. The van der Waals surface area contributed by atoms with Crippen LogP contribution < -0.4 is 24.8 Å². The molecule has 0 spiro atoms. The SMILES string of the molecule is C[CH-]c1ccccc1C1=CC(CN(C)C)=CC1.Cc1cc(C)c([NH-])c(C)c1.[Cl-].[Cl-].[Ti+2]. The molecule has 0 amide bonds. The van der Waals surface area contributed by atoms with Crippen molar-refractivity contribution in [1.82, 2.24) is 4.90 Å². The Morgan fingerprint density at radius 1 is 1.00 bits per heavy atom. The predicted molar refractivity (Wildman–Crippen MR) is 119 cm³/mol. The summed E-state index contributed by atoms with van der Waals surface area (Å²) < 4.78 is 0. The molecule has 3 rings (SSSR count). The molecule has 0 radical (unpaired) electrons.